The fourth-order valence-corrected chi connectivity index (χ4v) is 2.51. The van der Waals surface area contributed by atoms with Gasteiger partial charge in [0.15, 0.2) is 5.05 Å². The third kappa shape index (κ3) is 7.92. The van der Waals surface area contributed by atoms with Crippen LogP contribution in [0.1, 0.15) is 31.7 Å². The first kappa shape index (κ1) is 18.3. The molecular formula is C18H23NO2S. The standard InChI is InChI=1S/C18H23NO2S/c1-2-21-18(22)10-6-9-16(11-12-19)14-17(20)13-15-7-4-3-5-8-15/h3-8,10,16-17,20H,2,9,11,13-14H2,1H3. The van der Waals surface area contributed by atoms with E-state index in [1.54, 1.807) is 6.08 Å². The van der Waals surface area contributed by atoms with Crippen LogP contribution in [0.4, 0.5) is 0 Å². The number of nitriles is 1. The van der Waals surface area contributed by atoms with Gasteiger partial charge in [-0.25, -0.2) is 0 Å². The lowest BCUT2D eigenvalue weighted by Gasteiger charge is -2.17. The zero-order chi connectivity index (χ0) is 16.2. The predicted octanol–water partition coefficient (Wildman–Crippen LogP) is 3.82. The monoisotopic (exact) mass is 317 g/mol. The average Bonchev–Trinajstić information content (AvgIpc) is 2.48. The molecule has 2 atom stereocenters. The second kappa shape index (κ2) is 10.9. The first-order valence-corrected chi connectivity index (χ1v) is 7.98. The molecule has 1 aromatic carbocycles. The molecule has 118 valence electrons. The van der Waals surface area contributed by atoms with E-state index in [-0.39, 0.29) is 5.92 Å². The van der Waals surface area contributed by atoms with E-state index in [2.05, 4.69) is 6.07 Å². The predicted molar refractivity (Wildman–Crippen MR) is 92.5 cm³/mol. The molecule has 0 aliphatic heterocycles. The molecule has 1 N–H and O–H groups in total. The van der Waals surface area contributed by atoms with Crippen LogP contribution in [0.2, 0.25) is 0 Å². The molecule has 0 aliphatic carbocycles. The number of ether oxygens (including phenoxy) is 1. The van der Waals surface area contributed by atoms with E-state index < -0.39 is 6.10 Å². The van der Waals surface area contributed by atoms with E-state index in [0.717, 1.165) is 5.56 Å². The number of aliphatic hydroxyl groups is 1. The van der Waals surface area contributed by atoms with Gasteiger partial charge in [-0.05, 0) is 56.0 Å². The van der Waals surface area contributed by atoms with Crippen molar-refractivity contribution < 1.29 is 9.84 Å². The molecule has 4 heteroatoms. The van der Waals surface area contributed by atoms with Gasteiger partial charge < -0.3 is 9.84 Å². The minimum Gasteiger partial charge on any atom is -0.484 e. The summed E-state index contributed by atoms with van der Waals surface area (Å²) in [6.07, 6.45) is 5.61. The van der Waals surface area contributed by atoms with E-state index in [4.69, 9.17) is 22.2 Å². The number of thiocarbonyl (C=S) groups is 1. The Hall–Kier alpha value is -1.70. The lowest BCUT2D eigenvalue weighted by molar-refractivity contribution is 0.143. The van der Waals surface area contributed by atoms with Crippen LogP contribution in [-0.4, -0.2) is 22.9 Å². The quantitative estimate of drug-likeness (QED) is 0.556. The lowest BCUT2D eigenvalue weighted by atomic mass is 9.92. The summed E-state index contributed by atoms with van der Waals surface area (Å²) in [6, 6.07) is 12.1. The van der Waals surface area contributed by atoms with Crippen LogP contribution >= 0.6 is 12.2 Å². The summed E-state index contributed by atoms with van der Waals surface area (Å²) in [6.45, 7) is 2.44. The van der Waals surface area contributed by atoms with Gasteiger partial charge in [-0.2, -0.15) is 5.26 Å². The van der Waals surface area contributed by atoms with Gasteiger partial charge in [0, 0.05) is 6.42 Å². The van der Waals surface area contributed by atoms with Crippen LogP contribution in [0.25, 0.3) is 0 Å². The van der Waals surface area contributed by atoms with Gasteiger partial charge in [-0.15, -0.1) is 0 Å². The molecule has 2 unspecified atom stereocenters. The summed E-state index contributed by atoms with van der Waals surface area (Å²) < 4.78 is 5.17. The summed E-state index contributed by atoms with van der Waals surface area (Å²) in [5.74, 6) is 0.129. The van der Waals surface area contributed by atoms with Crippen molar-refractivity contribution in [2.45, 2.75) is 38.7 Å². The molecule has 0 heterocycles. The van der Waals surface area contributed by atoms with E-state index in [1.807, 2.05) is 43.3 Å². The van der Waals surface area contributed by atoms with Crippen molar-refractivity contribution >= 4 is 17.3 Å². The first-order valence-electron chi connectivity index (χ1n) is 7.58. The summed E-state index contributed by atoms with van der Waals surface area (Å²) in [5, 5.41) is 19.6. The Labute approximate surface area is 138 Å². The molecule has 1 aromatic rings. The maximum Gasteiger partial charge on any atom is 0.183 e. The molecule has 0 fully saturated rings. The van der Waals surface area contributed by atoms with E-state index in [0.29, 0.717) is 37.3 Å². The van der Waals surface area contributed by atoms with Gasteiger partial charge >= 0.3 is 0 Å². The molecule has 22 heavy (non-hydrogen) atoms. The fraction of sp³-hybridized carbons (Fsp3) is 0.444. The largest absolute Gasteiger partial charge is 0.484 e. The van der Waals surface area contributed by atoms with E-state index in [9.17, 15) is 5.11 Å². The number of rotatable bonds is 9. The minimum absolute atomic E-state index is 0.129. The van der Waals surface area contributed by atoms with Crippen molar-refractivity contribution in [1.82, 2.24) is 0 Å². The number of aliphatic hydroxyl groups excluding tert-OH is 1. The van der Waals surface area contributed by atoms with Gasteiger partial charge in [-0.1, -0.05) is 36.4 Å². The van der Waals surface area contributed by atoms with E-state index in [1.165, 1.54) is 0 Å². The number of hydrogen-bond acceptors (Lipinski definition) is 4. The van der Waals surface area contributed by atoms with Crippen molar-refractivity contribution in [1.29, 1.82) is 5.26 Å². The fourth-order valence-electron chi connectivity index (χ4n) is 2.29. The number of nitrogens with zero attached hydrogens (tertiary/aromatic N) is 1. The molecule has 0 spiro atoms. The van der Waals surface area contributed by atoms with Gasteiger partial charge in [0.1, 0.15) is 0 Å². The molecule has 0 aromatic heterocycles. The SMILES string of the molecule is CCOC(=S)C=CCC(CC#N)CC(O)Cc1ccccc1. The first-order chi connectivity index (χ1) is 10.7. The highest BCUT2D eigenvalue weighted by Gasteiger charge is 2.14. The summed E-state index contributed by atoms with van der Waals surface area (Å²) in [7, 11) is 0. The highest BCUT2D eigenvalue weighted by atomic mass is 32.1. The van der Waals surface area contributed by atoms with Crippen molar-refractivity contribution in [3.8, 4) is 6.07 Å². The van der Waals surface area contributed by atoms with Crippen LogP contribution in [0.15, 0.2) is 42.5 Å². The Bertz CT molecular complexity index is 508. The second-order valence-electron chi connectivity index (χ2n) is 5.20. The van der Waals surface area contributed by atoms with Crippen molar-refractivity contribution in [3.05, 3.63) is 48.0 Å². The van der Waals surface area contributed by atoms with Crippen molar-refractivity contribution in [2.75, 3.05) is 6.61 Å². The third-order valence-corrected chi connectivity index (χ3v) is 3.56. The third-order valence-electron chi connectivity index (χ3n) is 3.31. The number of benzene rings is 1. The zero-order valence-corrected chi connectivity index (χ0v) is 13.8. The maximum atomic E-state index is 10.2. The Kier molecular flexibility index (Phi) is 9.13. The Morgan fingerprint density at radius 1 is 1.41 bits per heavy atom. The smallest absolute Gasteiger partial charge is 0.183 e. The number of allylic oxidation sites excluding steroid dienone is 1. The van der Waals surface area contributed by atoms with Crippen LogP contribution in [-0.2, 0) is 11.2 Å². The summed E-state index contributed by atoms with van der Waals surface area (Å²) in [4.78, 5) is 0. The topological polar surface area (TPSA) is 53.2 Å². The molecule has 0 amide bonds. The van der Waals surface area contributed by atoms with Crippen LogP contribution in [0.5, 0.6) is 0 Å². The van der Waals surface area contributed by atoms with Gasteiger partial charge in [0.05, 0.1) is 18.8 Å². The average molecular weight is 317 g/mol. The van der Waals surface area contributed by atoms with E-state index >= 15 is 0 Å². The Morgan fingerprint density at radius 2 is 2.14 bits per heavy atom. The zero-order valence-electron chi connectivity index (χ0n) is 12.9. The maximum absolute atomic E-state index is 10.2. The molecule has 0 saturated heterocycles. The van der Waals surface area contributed by atoms with Crippen molar-refractivity contribution in [3.63, 3.8) is 0 Å². The molecule has 0 aliphatic rings. The normalized spacial score (nSPS) is 13.5. The second-order valence-corrected chi connectivity index (χ2v) is 5.60. The number of hydrogen-bond donors (Lipinski definition) is 1. The molecular weight excluding hydrogens is 294 g/mol. The molecule has 3 nitrogen and oxygen atoms in total. The Balaban J connectivity index is 2.46. The van der Waals surface area contributed by atoms with Gasteiger partial charge in [0.2, 0.25) is 0 Å². The highest BCUT2D eigenvalue weighted by molar-refractivity contribution is 7.80. The van der Waals surface area contributed by atoms with Crippen LogP contribution in [0.3, 0.4) is 0 Å². The van der Waals surface area contributed by atoms with Crippen LogP contribution in [0, 0.1) is 17.2 Å². The minimum atomic E-state index is -0.437. The highest BCUT2D eigenvalue weighted by Crippen LogP contribution is 2.18. The molecule has 0 bridgehead atoms. The van der Waals surface area contributed by atoms with Crippen molar-refractivity contribution in [2.24, 2.45) is 5.92 Å². The molecule has 0 saturated carbocycles. The summed E-state index contributed by atoms with van der Waals surface area (Å²) in [5.41, 5.74) is 1.11. The molecule has 1 rings (SSSR count). The molecule has 0 radical (unpaired) electrons. The van der Waals surface area contributed by atoms with Gasteiger partial charge in [0.25, 0.3) is 0 Å². The Morgan fingerprint density at radius 3 is 2.77 bits per heavy atom. The van der Waals surface area contributed by atoms with Gasteiger partial charge in [-0.3, -0.25) is 0 Å². The van der Waals surface area contributed by atoms with Crippen LogP contribution < -0.4 is 0 Å². The summed E-state index contributed by atoms with van der Waals surface area (Å²) >= 11 is 5.02. The lowest BCUT2D eigenvalue weighted by Crippen LogP contribution is -2.16.